The molecule has 0 saturated carbocycles. The average molecular weight is 304 g/mol. The van der Waals surface area contributed by atoms with Gasteiger partial charge in [0.15, 0.2) is 0 Å². The lowest BCUT2D eigenvalue weighted by atomic mass is 9.87. The zero-order chi connectivity index (χ0) is 14.5. The van der Waals surface area contributed by atoms with Crippen molar-refractivity contribution >= 4 is 27.3 Å². The number of hydrogen-bond donors (Lipinski definition) is 1. The summed E-state index contributed by atoms with van der Waals surface area (Å²) in [5.74, 6) is 0.608. The van der Waals surface area contributed by atoms with Gasteiger partial charge in [0.2, 0.25) is 10.0 Å². The van der Waals surface area contributed by atoms with Gasteiger partial charge >= 0.3 is 0 Å². The van der Waals surface area contributed by atoms with Crippen LogP contribution in [0.4, 0.5) is 5.69 Å². The predicted molar refractivity (Wildman–Crippen MR) is 82.5 cm³/mol. The zero-order valence-electron chi connectivity index (χ0n) is 11.7. The zero-order valence-corrected chi connectivity index (χ0v) is 13.3. The van der Waals surface area contributed by atoms with Gasteiger partial charge in [-0.3, -0.25) is 4.72 Å². The maximum atomic E-state index is 11.8. The summed E-state index contributed by atoms with van der Waals surface area (Å²) in [6.07, 6.45) is 1.30. The molecule has 0 heterocycles. The Kier molecular flexibility index (Phi) is 5.68. The van der Waals surface area contributed by atoms with E-state index >= 15 is 0 Å². The highest BCUT2D eigenvalue weighted by molar-refractivity contribution is 7.92. The van der Waals surface area contributed by atoms with Gasteiger partial charge in [-0.25, -0.2) is 8.42 Å². The van der Waals surface area contributed by atoms with Crippen molar-refractivity contribution in [3.8, 4) is 0 Å². The molecule has 1 aromatic carbocycles. The lowest BCUT2D eigenvalue weighted by Crippen LogP contribution is -2.17. The van der Waals surface area contributed by atoms with E-state index in [1.165, 1.54) is 5.56 Å². The van der Waals surface area contributed by atoms with Gasteiger partial charge in [0.25, 0.3) is 0 Å². The Bertz CT molecular complexity index is 489. The highest BCUT2D eigenvalue weighted by atomic mass is 35.5. The van der Waals surface area contributed by atoms with Crippen LogP contribution < -0.4 is 4.72 Å². The first-order valence-electron chi connectivity index (χ1n) is 6.41. The van der Waals surface area contributed by atoms with Crippen molar-refractivity contribution < 1.29 is 8.42 Å². The van der Waals surface area contributed by atoms with E-state index in [9.17, 15) is 8.42 Å². The molecule has 0 amide bonds. The van der Waals surface area contributed by atoms with Crippen molar-refractivity contribution in [2.45, 2.75) is 39.0 Å². The molecule has 0 aliphatic rings. The topological polar surface area (TPSA) is 46.2 Å². The van der Waals surface area contributed by atoms with Crippen LogP contribution in [0.3, 0.4) is 0 Å². The van der Waals surface area contributed by atoms with E-state index < -0.39 is 10.0 Å². The van der Waals surface area contributed by atoms with E-state index in [1.807, 2.05) is 12.1 Å². The Labute approximate surface area is 121 Å². The van der Waals surface area contributed by atoms with Crippen molar-refractivity contribution in [2.75, 3.05) is 16.4 Å². The van der Waals surface area contributed by atoms with Gasteiger partial charge in [-0.2, -0.15) is 0 Å². The van der Waals surface area contributed by atoms with Crippen LogP contribution in [-0.2, 0) is 15.4 Å². The Balaban J connectivity index is 2.67. The molecule has 0 aliphatic heterocycles. The molecular weight excluding hydrogens is 282 g/mol. The number of alkyl halides is 1. The van der Waals surface area contributed by atoms with Crippen molar-refractivity contribution in [1.82, 2.24) is 0 Å². The number of rotatable bonds is 6. The Morgan fingerprint density at radius 2 is 1.68 bits per heavy atom. The van der Waals surface area contributed by atoms with E-state index in [2.05, 4.69) is 25.5 Å². The molecule has 0 fully saturated rings. The normalized spacial score (nSPS) is 12.4. The van der Waals surface area contributed by atoms with E-state index in [1.54, 1.807) is 12.1 Å². The molecule has 19 heavy (non-hydrogen) atoms. The van der Waals surface area contributed by atoms with Gasteiger partial charge in [0, 0.05) is 11.6 Å². The second-order valence-electron chi connectivity index (χ2n) is 5.64. The summed E-state index contributed by atoms with van der Waals surface area (Å²) in [4.78, 5) is 0. The second-order valence-corrected chi connectivity index (χ2v) is 7.86. The molecule has 3 nitrogen and oxygen atoms in total. The summed E-state index contributed by atoms with van der Waals surface area (Å²) in [5, 5.41) is 0. The average Bonchev–Trinajstić information content (AvgIpc) is 2.28. The van der Waals surface area contributed by atoms with Crippen molar-refractivity contribution in [1.29, 1.82) is 0 Å². The fourth-order valence-electron chi connectivity index (χ4n) is 1.66. The molecular formula is C14H22ClNO2S. The van der Waals surface area contributed by atoms with Gasteiger partial charge in [0.1, 0.15) is 0 Å². The van der Waals surface area contributed by atoms with Crippen molar-refractivity contribution in [3.05, 3.63) is 29.8 Å². The third-order valence-corrected chi connectivity index (χ3v) is 4.46. The van der Waals surface area contributed by atoms with Gasteiger partial charge in [-0.1, -0.05) is 32.9 Å². The standard InChI is InChI=1S/C14H22ClNO2S/c1-14(2,3)12-6-8-13(9-7-12)16-19(17,18)11-5-4-10-15/h6-9,16H,4-5,10-11H2,1-3H3. The van der Waals surface area contributed by atoms with Crippen LogP contribution >= 0.6 is 11.6 Å². The molecule has 5 heteroatoms. The summed E-state index contributed by atoms with van der Waals surface area (Å²) in [6, 6.07) is 7.52. The number of unbranched alkanes of at least 4 members (excludes halogenated alkanes) is 1. The highest BCUT2D eigenvalue weighted by Crippen LogP contribution is 2.23. The number of sulfonamides is 1. The van der Waals surface area contributed by atoms with Crippen LogP contribution in [0.5, 0.6) is 0 Å². The molecule has 0 radical (unpaired) electrons. The minimum absolute atomic E-state index is 0.0672. The van der Waals surface area contributed by atoms with Gasteiger partial charge in [0.05, 0.1) is 5.75 Å². The first-order valence-corrected chi connectivity index (χ1v) is 8.60. The van der Waals surface area contributed by atoms with E-state index in [0.717, 1.165) is 0 Å². The predicted octanol–water partition coefficient (Wildman–Crippen LogP) is 3.74. The molecule has 0 unspecified atom stereocenters. The highest BCUT2D eigenvalue weighted by Gasteiger charge is 2.14. The van der Waals surface area contributed by atoms with Crippen LogP contribution in [0.15, 0.2) is 24.3 Å². The summed E-state index contributed by atoms with van der Waals surface area (Å²) in [5.41, 5.74) is 1.86. The number of nitrogens with one attached hydrogen (secondary N) is 1. The van der Waals surface area contributed by atoms with Crippen LogP contribution in [0.2, 0.25) is 0 Å². The summed E-state index contributed by atoms with van der Waals surface area (Å²) in [7, 11) is -3.26. The van der Waals surface area contributed by atoms with E-state index in [4.69, 9.17) is 11.6 Å². The Morgan fingerprint density at radius 3 is 2.16 bits per heavy atom. The monoisotopic (exact) mass is 303 g/mol. The molecule has 0 aromatic heterocycles. The molecule has 0 atom stereocenters. The van der Waals surface area contributed by atoms with Gasteiger partial charge in [-0.05, 0) is 36.0 Å². The Morgan fingerprint density at radius 1 is 1.11 bits per heavy atom. The molecule has 108 valence electrons. The third kappa shape index (κ3) is 5.83. The molecule has 1 N–H and O–H groups in total. The van der Waals surface area contributed by atoms with Gasteiger partial charge in [-0.15, -0.1) is 11.6 Å². The third-order valence-electron chi connectivity index (χ3n) is 2.82. The fraction of sp³-hybridized carbons (Fsp3) is 0.571. The van der Waals surface area contributed by atoms with Crippen molar-refractivity contribution in [2.24, 2.45) is 0 Å². The molecule has 0 bridgehead atoms. The number of hydrogen-bond acceptors (Lipinski definition) is 2. The summed E-state index contributed by atoms with van der Waals surface area (Å²) in [6.45, 7) is 6.37. The van der Waals surface area contributed by atoms with Crippen LogP contribution in [0, 0.1) is 0 Å². The minimum Gasteiger partial charge on any atom is -0.284 e. The number of benzene rings is 1. The lowest BCUT2D eigenvalue weighted by Gasteiger charge is -2.19. The molecule has 1 aromatic rings. The summed E-state index contributed by atoms with van der Waals surface area (Å²) < 4.78 is 26.2. The van der Waals surface area contributed by atoms with Crippen LogP contribution in [0.1, 0.15) is 39.2 Å². The fourth-order valence-corrected chi connectivity index (χ4v) is 3.03. The maximum Gasteiger partial charge on any atom is 0.232 e. The smallest absolute Gasteiger partial charge is 0.232 e. The quantitative estimate of drug-likeness (QED) is 0.642. The molecule has 1 rings (SSSR count). The Hall–Kier alpha value is -0.740. The van der Waals surface area contributed by atoms with E-state index in [0.29, 0.717) is 24.4 Å². The molecule has 0 aliphatic carbocycles. The number of halogens is 1. The largest absolute Gasteiger partial charge is 0.284 e. The second kappa shape index (κ2) is 6.62. The lowest BCUT2D eigenvalue weighted by molar-refractivity contribution is 0.590. The minimum atomic E-state index is -3.26. The molecule has 0 spiro atoms. The van der Waals surface area contributed by atoms with Gasteiger partial charge < -0.3 is 0 Å². The van der Waals surface area contributed by atoms with E-state index in [-0.39, 0.29) is 11.2 Å². The summed E-state index contributed by atoms with van der Waals surface area (Å²) >= 11 is 5.54. The van der Waals surface area contributed by atoms with Crippen LogP contribution in [-0.4, -0.2) is 20.1 Å². The number of anilines is 1. The molecule has 0 saturated heterocycles. The van der Waals surface area contributed by atoms with Crippen molar-refractivity contribution in [3.63, 3.8) is 0 Å². The SMILES string of the molecule is CC(C)(C)c1ccc(NS(=O)(=O)CCCCCl)cc1. The van der Waals surface area contributed by atoms with Crippen LogP contribution in [0.25, 0.3) is 0 Å². The maximum absolute atomic E-state index is 11.8. The first kappa shape index (κ1) is 16.3. The first-order chi connectivity index (χ1) is 8.74.